The van der Waals surface area contributed by atoms with Gasteiger partial charge in [-0.1, -0.05) is 24.4 Å². The number of hydrogen-bond donors (Lipinski definition) is 1. The molecule has 1 aliphatic carbocycles. The number of phenolic OH excluding ortho intramolecular Hbond substituents is 1. The Morgan fingerprint density at radius 2 is 2.00 bits per heavy atom. The maximum Gasteiger partial charge on any atom is 0.176 e. The minimum Gasteiger partial charge on any atom is -0.503 e. The van der Waals surface area contributed by atoms with Crippen molar-refractivity contribution in [3.8, 4) is 11.5 Å². The van der Waals surface area contributed by atoms with E-state index in [0.717, 1.165) is 24.1 Å². The standard InChI is InChI=1S/C17H24ClNO2/c1-21-16-10-12(9-14(18)17(16)20)11-19-8-4-6-13-5-2-3-7-15(13)19/h9-10,13,15,20H,2-8,11H2,1H3. The molecule has 0 amide bonds. The molecule has 2 aliphatic rings. The number of fused-ring (bicyclic) bond motifs is 1. The number of aromatic hydroxyl groups is 1. The highest BCUT2D eigenvalue weighted by molar-refractivity contribution is 6.32. The normalized spacial score (nSPS) is 26.4. The number of methoxy groups -OCH3 is 1. The first-order valence-electron chi connectivity index (χ1n) is 7.98. The van der Waals surface area contributed by atoms with Gasteiger partial charge >= 0.3 is 0 Å². The molecule has 2 unspecified atom stereocenters. The predicted octanol–water partition coefficient (Wildman–Crippen LogP) is 4.21. The van der Waals surface area contributed by atoms with E-state index < -0.39 is 0 Å². The van der Waals surface area contributed by atoms with E-state index in [4.69, 9.17) is 16.3 Å². The Bertz CT molecular complexity index is 504. The van der Waals surface area contributed by atoms with Crippen molar-refractivity contribution in [2.75, 3.05) is 13.7 Å². The van der Waals surface area contributed by atoms with Crippen LogP contribution in [0.3, 0.4) is 0 Å². The van der Waals surface area contributed by atoms with Crippen LogP contribution < -0.4 is 4.74 Å². The summed E-state index contributed by atoms with van der Waals surface area (Å²) in [7, 11) is 1.56. The Hall–Kier alpha value is -0.930. The van der Waals surface area contributed by atoms with Crippen molar-refractivity contribution in [3.05, 3.63) is 22.7 Å². The fourth-order valence-electron chi connectivity index (χ4n) is 4.03. The molecule has 3 nitrogen and oxygen atoms in total. The Balaban J connectivity index is 1.77. The maximum atomic E-state index is 9.84. The molecule has 2 fully saturated rings. The van der Waals surface area contributed by atoms with Gasteiger partial charge in [-0.25, -0.2) is 0 Å². The Morgan fingerprint density at radius 3 is 2.81 bits per heavy atom. The van der Waals surface area contributed by atoms with Crippen LogP contribution in [-0.4, -0.2) is 29.7 Å². The van der Waals surface area contributed by atoms with Crippen LogP contribution in [0.1, 0.15) is 44.1 Å². The van der Waals surface area contributed by atoms with E-state index in [0.29, 0.717) is 10.8 Å². The van der Waals surface area contributed by atoms with Gasteiger partial charge in [0, 0.05) is 12.6 Å². The summed E-state index contributed by atoms with van der Waals surface area (Å²) in [6.45, 7) is 2.07. The molecule has 1 aromatic carbocycles. The predicted molar refractivity (Wildman–Crippen MR) is 85.1 cm³/mol. The Morgan fingerprint density at radius 1 is 1.24 bits per heavy atom. The Labute approximate surface area is 131 Å². The molecule has 0 spiro atoms. The summed E-state index contributed by atoms with van der Waals surface area (Å²) in [5.74, 6) is 1.38. The number of nitrogens with zero attached hydrogens (tertiary/aromatic N) is 1. The van der Waals surface area contributed by atoms with E-state index in [1.165, 1.54) is 45.1 Å². The monoisotopic (exact) mass is 309 g/mol. The van der Waals surface area contributed by atoms with Gasteiger partial charge in [-0.15, -0.1) is 0 Å². The first-order chi connectivity index (χ1) is 10.2. The molecule has 0 bridgehead atoms. The van der Waals surface area contributed by atoms with E-state index in [2.05, 4.69) is 4.90 Å². The van der Waals surface area contributed by atoms with E-state index in [9.17, 15) is 5.11 Å². The summed E-state index contributed by atoms with van der Waals surface area (Å²) < 4.78 is 5.21. The van der Waals surface area contributed by atoms with Crippen LogP contribution in [0.15, 0.2) is 12.1 Å². The first-order valence-corrected chi connectivity index (χ1v) is 8.36. The largest absolute Gasteiger partial charge is 0.503 e. The lowest BCUT2D eigenvalue weighted by Gasteiger charge is -2.44. The van der Waals surface area contributed by atoms with Crippen molar-refractivity contribution in [1.82, 2.24) is 4.90 Å². The summed E-state index contributed by atoms with van der Waals surface area (Å²) in [5, 5.41) is 10.2. The number of likely N-dealkylation sites (tertiary alicyclic amines) is 1. The maximum absolute atomic E-state index is 9.84. The second kappa shape index (κ2) is 6.45. The lowest BCUT2D eigenvalue weighted by atomic mass is 9.78. The van der Waals surface area contributed by atoms with Crippen molar-refractivity contribution in [2.24, 2.45) is 5.92 Å². The van der Waals surface area contributed by atoms with Gasteiger partial charge in [-0.3, -0.25) is 4.90 Å². The van der Waals surface area contributed by atoms with Crippen LogP contribution in [0.4, 0.5) is 0 Å². The van der Waals surface area contributed by atoms with Crippen molar-refractivity contribution in [1.29, 1.82) is 0 Å². The number of benzene rings is 1. The van der Waals surface area contributed by atoms with Crippen LogP contribution in [0, 0.1) is 5.92 Å². The minimum atomic E-state index is 0.0390. The third-order valence-corrected chi connectivity index (χ3v) is 5.34. The van der Waals surface area contributed by atoms with Crippen LogP contribution >= 0.6 is 11.6 Å². The number of phenols is 1. The SMILES string of the molecule is COc1cc(CN2CCCC3CCCCC32)cc(Cl)c1O. The highest BCUT2D eigenvalue weighted by Crippen LogP contribution is 2.38. The van der Waals surface area contributed by atoms with Crippen molar-refractivity contribution < 1.29 is 9.84 Å². The van der Waals surface area contributed by atoms with Gasteiger partial charge in [0.15, 0.2) is 11.5 Å². The summed E-state index contributed by atoms with van der Waals surface area (Å²) in [6.07, 6.45) is 8.16. The molecule has 1 aliphatic heterocycles. The average molecular weight is 310 g/mol. The number of piperidine rings is 1. The van der Waals surface area contributed by atoms with E-state index >= 15 is 0 Å². The molecule has 1 saturated carbocycles. The summed E-state index contributed by atoms with van der Waals surface area (Å²) >= 11 is 6.10. The zero-order valence-corrected chi connectivity index (χ0v) is 13.4. The van der Waals surface area contributed by atoms with Crippen molar-refractivity contribution in [3.63, 3.8) is 0 Å². The molecule has 3 rings (SSSR count). The summed E-state index contributed by atoms with van der Waals surface area (Å²) in [5.41, 5.74) is 1.13. The van der Waals surface area contributed by atoms with E-state index in [1.807, 2.05) is 12.1 Å². The average Bonchev–Trinajstić information content (AvgIpc) is 2.51. The molecule has 21 heavy (non-hydrogen) atoms. The zero-order chi connectivity index (χ0) is 14.8. The van der Waals surface area contributed by atoms with Crippen LogP contribution in [-0.2, 0) is 6.54 Å². The highest BCUT2D eigenvalue weighted by Gasteiger charge is 2.33. The minimum absolute atomic E-state index is 0.0390. The molecule has 1 saturated heterocycles. The number of halogens is 1. The topological polar surface area (TPSA) is 32.7 Å². The molecule has 1 N–H and O–H groups in total. The molecular formula is C17H24ClNO2. The van der Waals surface area contributed by atoms with E-state index in [-0.39, 0.29) is 5.75 Å². The first kappa shape index (κ1) is 15.0. The van der Waals surface area contributed by atoms with Gasteiger partial charge in [0.25, 0.3) is 0 Å². The van der Waals surface area contributed by atoms with Gasteiger partial charge < -0.3 is 9.84 Å². The molecule has 0 radical (unpaired) electrons. The Kier molecular flexibility index (Phi) is 4.60. The van der Waals surface area contributed by atoms with Crippen LogP contribution in [0.2, 0.25) is 5.02 Å². The fraction of sp³-hybridized carbons (Fsp3) is 0.647. The van der Waals surface area contributed by atoms with Gasteiger partial charge in [0.1, 0.15) is 0 Å². The van der Waals surface area contributed by atoms with Crippen molar-refractivity contribution in [2.45, 2.75) is 51.1 Å². The third-order valence-electron chi connectivity index (χ3n) is 5.05. The number of rotatable bonds is 3. The zero-order valence-electron chi connectivity index (χ0n) is 12.6. The fourth-order valence-corrected chi connectivity index (χ4v) is 4.27. The number of ether oxygens (including phenoxy) is 1. The van der Waals surface area contributed by atoms with Crippen LogP contribution in [0.25, 0.3) is 0 Å². The van der Waals surface area contributed by atoms with Gasteiger partial charge in [-0.2, -0.15) is 0 Å². The third kappa shape index (κ3) is 3.14. The lowest BCUT2D eigenvalue weighted by molar-refractivity contribution is 0.0546. The highest BCUT2D eigenvalue weighted by atomic mass is 35.5. The lowest BCUT2D eigenvalue weighted by Crippen LogP contribution is -2.46. The number of hydrogen-bond acceptors (Lipinski definition) is 3. The van der Waals surface area contributed by atoms with Gasteiger partial charge in [0.2, 0.25) is 0 Å². The molecular weight excluding hydrogens is 286 g/mol. The quantitative estimate of drug-likeness (QED) is 0.908. The summed E-state index contributed by atoms with van der Waals surface area (Å²) in [4.78, 5) is 2.61. The van der Waals surface area contributed by atoms with Crippen molar-refractivity contribution >= 4 is 11.6 Å². The molecule has 2 atom stereocenters. The molecule has 1 heterocycles. The molecule has 4 heteroatoms. The second-order valence-electron chi connectivity index (χ2n) is 6.35. The molecule has 1 aromatic rings. The second-order valence-corrected chi connectivity index (χ2v) is 6.76. The van der Waals surface area contributed by atoms with Gasteiger partial charge in [-0.05, 0) is 55.8 Å². The smallest absolute Gasteiger partial charge is 0.176 e. The molecule has 0 aromatic heterocycles. The van der Waals surface area contributed by atoms with Crippen LogP contribution in [0.5, 0.6) is 11.5 Å². The van der Waals surface area contributed by atoms with Gasteiger partial charge in [0.05, 0.1) is 12.1 Å². The summed E-state index contributed by atoms with van der Waals surface area (Å²) in [6, 6.07) is 4.51. The molecule has 116 valence electrons. The van der Waals surface area contributed by atoms with E-state index in [1.54, 1.807) is 7.11 Å².